The summed E-state index contributed by atoms with van der Waals surface area (Å²) in [5, 5.41) is 26.8. The van der Waals surface area contributed by atoms with Gasteiger partial charge in [-0.15, -0.1) is 0 Å². The maximum atomic E-state index is 13.7. The number of carbonyl (C=O) groups excluding carboxylic acids is 2. The molecule has 2 aliphatic heterocycles. The summed E-state index contributed by atoms with van der Waals surface area (Å²) in [6.07, 6.45) is 7.49. The molecule has 2 heterocycles. The van der Waals surface area contributed by atoms with Gasteiger partial charge < -0.3 is 30.3 Å². The quantitative estimate of drug-likeness (QED) is 0.349. The van der Waals surface area contributed by atoms with Crippen LogP contribution in [0, 0.1) is 17.3 Å². The Kier molecular flexibility index (Phi) is 6.31. The molecule has 9 heteroatoms. The number of nitrogens with zero attached hydrogens (tertiary/aromatic N) is 1. The highest BCUT2D eigenvalue weighted by Crippen LogP contribution is 2.76. The van der Waals surface area contributed by atoms with E-state index in [-0.39, 0.29) is 46.2 Å². The van der Waals surface area contributed by atoms with Crippen LogP contribution in [0.1, 0.15) is 62.1 Å². The number of methoxy groups -OCH3 is 1. The Labute approximate surface area is 258 Å². The van der Waals surface area contributed by atoms with E-state index in [4.69, 9.17) is 9.47 Å². The van der Waals surface area contributed by atoms with Crippen LogP contribution in [-0.4, -0.2) is 77.5 Å². The average Bonchev–Trinajstić information content (AvgIpc) is 3.75. The minimum Gasteiger partial charge on any atom is -0.508 e. The lowest BCUT2D eigenvalue weighted by Crippen LogP contribution is -2.81. The van der Waals surface area contributed by atoms with Gasteiger partial charge in [-0.1, -0.05) is 18.2 Å². The Hall–Kier alpha value is -3.30. The minimum absolute atomic E-state index is 0.0105. The zero-order valence-corrected chi connectivity index (χ0v) is 25.6. The summed E-state index contributed by atoms with van der Waals surface area (Å²) in [5.74, 6) is 1.33. The maximum absolute atomic E-state index is 13.7. The summed E-state index contributed by atoms with van der Waals surface area (Å²) < 4.78 is 13.5. The Bertz CT molecular complexity index is 1510. The molecule has 2 amide bonds. The van der Waals surface area contributed by atoms with Crippen LogP contribution in [0.4, 0.5) is 0 Å². The van der Waals surface area contributed by atoms with Crippen LogP contribution in [0.5, 0.6) is 17.2 Å². The van der Waals surface area contributed by atoms with E-state index in [9.17, 15) is 19.8 Å². The van der Waals surface area contributed by atoms with Gasteiger partial charge in [0, 0.05) is 61.9 Å². The molecule has 4 bridgehead atoms. The van der Waals surface area contributed by atoms with Crippen molar-refractivity contribution in [1.82, 2.24) is 15.5 Å². The third kappa shape index (κ3) is 3.84. The first-order chi connectivity index (χ1) is 21.2. The molecule has 234 valence electrons. The molecule has 4 N–H and O–H groups in total. The summed E-state index contributed by atoms with van der Waals surface area (Å²) >= 11 is 0. The second-order valence-electron chi connectivity index (χ2n) is 14.4. The third-order valence-corrected chi connectivity index (χ3v) is 12.4. The number of hydrogen-bond donors (Lipinski definition) is 4. The number of phenols is 2. The molecular weight excluding hydrogens is 558 g/mol. The van der Waals surface area contributed by atoms with E-state index in [1.54, 1.807) is 37.4 Å². The Balaban J connectivity index is 1.12. The lowest BCUT2D eigenvalue weighted by Gasteiger charge is -2.74. The van der Waals surface area contributed by atoms with Crippen LogP contribution in [0.25, 0.3) is 0 Å². The third-order valence-electron chi connectivity index (χ3n) is 12.4. The molecule has 9 rings (SSSR count). The number of phenolic OH excluding ortho intramolecular Hbond substituents is 2. The Morgan fingerprint density at radius 1 is 1.11 bits per heavy atom. The van der Waals surface area contributed by atoms with Gasteiger partial charge in [-0.25, -0.2) is 0 Å². The van der Waals surface area contributed by atoms with E-state index < -0.39 is 11.6 Å². The van der Waals surface area contributed by atoms with Crippen molar-refractivity contribution in [1.29, 1.82) is 0 Å². The molecule has 1 saturated heterocycles. The van der Waals surface area contributed by atoms with Crippen molar-refractivity contribution >= 4 is 11.8 Å². The average molecular weight is 602 g/mol. The number of rotatable bonds is 9. The van der Waals surface area contributed by atoms with Crippen molar-refractivity contribution in [3.05, 3.63) is 53.1 Å². The molecule has 5 fully saturated rings. The first kappa shape index (κ1) is 28.2. The van der Waals surface area contributed by atoms with Gasteiger partial charge >= 0.3 is 0 Å². The number of benzene rings is 2. The number of carbonyl (C=O) groups is 2. The van der Waals surface area contributed by atoms with Gasteiger partial charge in [-0.2, -0.15) is 0 Å². The van der Waals surface area contributed by atoms with Crippen LogP contribution in [0.3, 0.4) is 0 Å². The molecule has 0 radical (unpaired) electrons. The van der Waals surface area contributed by atoms with E-state index in [1.807, 2.05) is 0 Å². The zero-order valence-electron chi connectivity index (χ0n) is 25.6. The van der Waals surface area contributed by atoms with E-state index in [2.05, 4.69) is 21.6 Å². The van der Waals surface area contributed by atoms with Gasteiger partial charge in [0.1, 0.15) is 23.5 Å². The van der Waals surface area contributed by atoms with Crippen LogP contribution in [0.2, 0.25) is 0 Å². The lowest BCUT2D eigenvalue weighted by molar-refractivity contribution is -0.276. The summed E-state index contributed by atoms with van der Waals surface area (Å²) in [7, 11) is 1.78. The van der Waals surface area contributed by atoms with Crippen molar-refractivity contribution in [3.8, 4) is 17.2 Å². The number of aromatic hydroxyl groups is 2. The first-order valence-electron chi connectivity index (χ1n) is 16.3. The molecular formula is C35H43N3O6. The number of piperidine rings is 1. The molecule has 4 saturated carbocycles. The van der Waals surface area contributed by atoms with Crippen molar-refractivity contribution in [3.63, 3.8) is 0 Å². The van der Waals surface area contributed by atoms with Crippen molar-refractivity contribution < 1.29 is 29.3 Å². The van der Waals surface area contributed by atoms with E-state index in [0.29, 0.717) is 24.8 Å². The maximum Gasteiger partial charge on any atom is 0.242 e. The SMILES string of the molecule is CO[C@]12CC[C@@]3(C[C@@H]1CNC(=O)C(Cc1ccc(O)cc1)NC(C)=O)[C@H]1Cc4ccc(O)c5c4[C@@]3(CCN1CC1CC1)[C@H]2O5. The number of hydrogen-bond acceptors (Lipinski definition) is 7. The molecule has 44 heavy (non-hydrogen) atoms. The minimum atomic E-state index is -0.740. The second-order valence-corrected chi connectivity index (χ2v) is 14.4. The molecule has 0 aromatic heterocycles. The normalized spacial score (nSPS) is 35.0. The number of amides is 2. The highest BCUT2D eigenvalue weighted by molar-refractivity contribution is 5.87. The first-order valence-corrected chi connectivity index (χ1v) is 16.3. The molecule has 5 aliphatic carbocycles. The fraction of sp³-hybridized carbons (Fsp3) is 0.600. The van der Waals surface area contributed by atoms with Crippen molar-refractivity contribution in [2.75, 3.05) is 26.7 Å². The fourth-order valence-electron chi connectivity index (χ4n) is 10.5. The molecule has 2 aromatic rings. The van der Waals surface area contributed by atoms with Gasteiger partial charge in [-0.3, -0.25) is 14.5 Å². The monoisotopic (exact) mass is 601 g/mol. The fourth-order valence-corrected chi connectivity index (χ4v) is 10.5. The van der Waals surface area contributed by atoms with Crippen molar-refractivity contribution in [2.45, 2.75) is 87.5 Å². The largest absolute Gasteiger partial charge is 0.508 e. The zero-order chi connectivity index (χ0) is 30.4. The summed E-state index contributed by atoms with van der Waals surface area (Å²) in [6.45, 7) is 4.03. The molecule has 7 atom stereocenters. The predicted molar refractivity (Wildman–Crippen MR) is 163 cm³/mol. The van der Waals surface area contributed by atoms with Gasteiger partial charge in [0.2, 0.25) is 11.8 Å². The lowest BCUT2D eigenvalue weighted by atomic mass is 9.35. The number of likely N-dealkylation sites (tertiary alicyclic amines) is 1. The standard InChI is InChI=1S/C35H43N3O6/c1-20(39)37-26(15-21-5-8-25(40)9-6-21)31(42)36-18-24-17-33-11-12-35(24,43-2)32-34(33)13-14-38(19-22-3-4-22)28(33)16-23-7-10-27(41)30(44-32)29(23)34/h5-10,22,24,26,28,32,40-41H,3-4,11-19H2,1-2H3,(H,36,42)(H,37,39)/t24-,26?,28-,32-,33-,34+,35-/m1/s1. The number of fused-ring (bicyclic) bond motifs is 2. The van der Waals surface area contributed by atoms with Gasteiger partial charge in [-0.05, 0) is 86.7 Å². The van der Waals surface area contributed by atoms with Gasteiger partial charge in [0.15, 0.2) is 11.5 Å². The summed E-state index contributed by atoms with van der Waals surface area (Å²) in [4.78, 5) is 28.6. The second kappa shape index (κ2) is 9.85. The topological polar surface area (TPSA) is 120 Å². The van der Waals surface area contributed by atoms with Gasteiger partial charge in [0.05, 0.1) is 0 Å². The molecule has 2 aromatic carbocycles. The number of ether oxygens (including phenoxy) is 2. The van der Waals surface area contributed by atoms with Crippen LogP contribution < -0.4 is 15.4 Å². The van der Waals surface area contributed by atoms with Crippen LogP contribution >= 0.6 is 0 Å². The van der Waals surface area contributed by atoms with E-state index in [0.717, 1.165) is 56.7 Å². The summed E-state index contributed by atoms with van der Waals surface area (Å²) in [6, 6.07) is 10.3. The molecule has 9 nitrogen and oxygen atoms in total. The van der Waals surface area contributed by atoms with Crippen molar-refractivity contribution in [2.24, 2.45) is 17.3 Å². The molecule has 7 aliphatic rings. The molecule has 1 unspecified atom stereocenters. The Morgan fingerprint density at radius 2 is 1.91 bits per heavy atom. The van der Waals surface area contributed by atoms with Gasteiger partial charge in [0.25, 0.3) is 0 Å². The Morgan fingerprint density at radius 3 is 2.64 bits per heavy atom. The highest BCUT2D eigenvalue weighted by Gasteiger charge is 2.80. The smallest absolute Gasteiger partial charge is 0.242 e. The predicted octanol–water partition coefficient (Wildman–Crippen LogP) is 3.19. The van der Waals surface area contributed by atoms with Crippen LogP contribution in [0.15, 0.2) is 36.4 Å². The van der Waals surface area contributed by atoms with Crippen LogP contribution in [-0.2, 0) is 32.6 Å². The van der Waals surface area contributed by atoms with E-state index in [1.165, 1.54) is 30.9 Å². The highest BCUT2D eigenvalue weighted by atomic mass is 16.6. The molecule has 2 spiro atoms. The summed E-state index contributed by atoms with van der Waals surface area (Å²) in [5.41, 5.74) is 2.53. The van der Waals surface area contributed by atoms with E-state index >= 15 is 0 Å². The number of nitrogens with one attached hydrogen (secondary N) is 2.